The molecule has 0 heterocycles. The second-order valence-corrected chi connectivity index (χ2v) is 6.29. The van der Waals surface area contributed by atoms with Gasteiger partial charge in [0.05, 0.1) is 6.42 Å². The number of ether oxygens (including phenoxy) is 1. The van der Waals surface area contributed by atoms with E-state index in [1.54, 1.807) is 6.07 Å². The van der Waals surface area contributed by atoms with Crippen molar-refractivity contribution in [1.82, 2.24) is 0 Å². The zero-order valence-corrected chi connectivity index (χ0v) is 15.5. The third-order valence-electron chi connectivity index (χ3n) is 4.11. The van der Waals surface area contributed by atoms with Crippen molar-refractivity contribution in [1.29, 1.82) is 0 Å². The Morgan fingerprint density at radius 1 is 0.793 bits per heavy atom. The Bertz CT molecular complexity index is 1030. The lowest BCUT2D eigenvalue weighted by molar-refractivity contribution is -0.147. The molecule has 0 aliphatic carbocycles. The zero-order valence-electron chi connectivity index (χ0n) is 15.5. The highest BCUT2D eigenvalue weighted by atomic mass is 19.1. The summed E-state index contributed by atoms with van der Waals surface area (Å²) in [5, 5.41) is 7.13. The Hall–Kier alpha value is -3.74. The van der Waals surface area contributed by atoms with Crippen molar-refractivity contribution in [2.75, 3.05) is 17.2 Å². The predicted octanol–water partition coefficient (Wildman–Crippen LogP) is 3.88. The maximum Gasteiger partial charge on any atom is 0.306 e. The molecular weight excluding hydrogens is 375 g/mol. The number of rotatable bonds is 7. The fourth-order valence-electron chi connectivity index (χ4n) is 2.71. The fourth-order valence-corrected chi connectivity index (χ4v) is 2.71. The van der Waals surface area contributed by atoms with Gasteiger partial charge in [-0.1, -0.05) is 36.4 Å². The lowest BCUT2D eigenvalue weighted by Gasteiger charge is -2.09. The summed E-state index contributed by atoms with van der Waals surface area (Å²) in [7, 11) is 0. The van der Waals surface area contributed by atoms with Crippen LogP contribution in [0, 0.1) is 5.82 Å². The van der Waals surface area contributed by atoms with Crippen LogP contribution in [-0.4, -0.2) is 24.4 Å². The van der Waals surface area contributed by atoms with Crippen LogP contribution >= 0.6 is 0 Å². The number of hydrogen-bond acceptors (Lipinski definition) is 4. The first-order valence-electron chi connectivity index (χ1n) is 9.00. The van der Waals surface area contributed by atoms with Crippen molar-refractivity contribution in [3.05, 3.63) is 72.5 Å². The van der Waals surface area contributed by atoms with Crippen molar-refractivity contribution in [3.8, 4) is 0 Å². The number of fused-ring (bicyclic) bond motifs is 1. The summed E-state index contributed by atoms with van der Waals surface area (Å²) in [6.45, 7) is -0.443. The Labute approximate surface area is 166 Å². The summed E-state index contributed by atoms with van der Waals surface area (Å²) in [6, 6.07) is 18.4. The Morgan fingerprint density at radius 2 is 1.52 bits per heavy atom. The monoisotopic (exact) mass is 394 g/mol. The standard InChI is InChI=1S/C22H19FN2O4/c23-16-8-10-17(11-9-16)24-20(26)12-13-22(28)29-14-21(27)25-19-7-3-5-15-4-1-2-6-18(15)19/h1-11H,12-14H2,(H,24,26)(H,25,27). The van der Waals surface area contributed by atoms with Crippen LogP contribution in [0.2, 0.25) is 0 Å². The van der Waals surface area contributed by atoms with Crippen molar-refractivity contribution in [2.45, 2.75) is 12.8 Å². The van der Waals surface area contributed by atoms with Crippen LogP contribution in [0.15, 0.2) is 66.7 Å². The molecule has 3 aromatic rings. The predicted molar refractivity (Wildman–Crippen MR) is 108 cm³/mol. The maximum absolute atomic E-state index is 12.8. The van der Waals surface area contributed by atoms with Gasteiger partial charge >= 0.3 is 5.97 Å². The quantitative estimate of drug-likeness (QED) is 0.596. The molecule has 0 aliphatic rings. The molecule has 148 valence electrons. The molecule has 0 unspecified atom stereocenters. The van der Waals surface area contributed by atoms with Crippen molar-refractivity contribution in [3.63, 3.8) is 0 Å². The topological polar surface area (TPSA) is 84.5 Å². The normalized spacial score (nSPS) is 10.4. The molecule has 0 spiro atoms. The van der Waals surface area contributed by atoms with Gasteiger partial charge in [0.15, 0.2) is 6.61 Å². The van der Waals surface area contributed by atoms with Crippen LogP contribution in [0.4, 0.5) is 15.8 Å². The van der Waals surface area contributed by atoms with Gasteiger partial charge in [-0.2, -0.15) is 0 Å². The summed E-state index contributed by atoms with van der Waals surface area (Å²) in [6.07, 6.45) is -0.282. The number of anilines is 2. The van der Waals surface area contributed by atoms with E-state index in [1.807, 2.05) is 36.4 Å². The van der Waals surface area contributed by atoms with E-state index in [4.69, 9.17) is 4.74 Å². The molecule has 29 heavy (non-hydrogen) atoms. The first kappa shape index (κ1) is 20.0. The van der Waals surface area contributed by atoms with Gasteiger partial charge in [0.1, 0.15) is 5.82 Å². The first-order chi connectivity index (χ1) is 14.0. The van der Waals surface area contributed by atoms with E-state index < -0.39 is 30.2 Å². The summed E-state index contributed by atoms with van der Waals surface area (Å²) in [4.78, 5) is 35.7. The number of carbonyl (C=O) groups is 3. The number of benzene rings is 3. The average molecular weight is 394 g/mol. The van der Waals surface area contributed by atoms with Crippen LogP contribution in [0.5, 0.6) is 0 Å². The lowest BCUT2D eigenvalue weighted by atomic mass is 10.1. The van der Waals surface area contributed by atoms with Crippen molar-refractivity contribution >= 4 is 39.9 Å². The molecule has 3 aromatic carbocycles. The molecule has 0 radical (unpaired) electrons. The van der Waals surface area contributed by atoms with Crippen LogP contribution in [0.3, 0.4) is 0 Å². The number of esters is 1. The van der Waals surface area contributed by atoms with E-state index in [-0.39, 0.29) is 12.8 Å². The number of halogens is 1. The van der Waals surface area contributed by atoms with Gasteiger partial charge in [-0.15, -0.1) is 0 Å². The molecule has 0 atom stereocenters. The van der Waals surface area contributed by atoms with Crippen molar-refractivity contribution in [2.24, 2.45) is 0 Å². The largest absolute Gasteiger partial charge is 0.456 e. The van der Waals surface area contributed by atoms with E-state index in [0.717, 1.165) is 10.8 Å². The van der Waals surface area contributed by atoms with E-state index in [1.165, 1.54) is 24.3 Å². The highest BCUT2D eigenvalue weighted by Crippen LogP contribution is 2.22. The summed E-state index contributed by atoms with van der Waals surface area (Å²) < 4.78 is 17.8. The molecule has 0 bridgehead atoms. The van der Waals surface area contributed by atoms with Gasteiger partial charge in [-0.3, -0.25) is 14.4 Å². The summed E-state index contributed by atoms with van der Waals surface area (Å²) in [5.41, 5.74) is 1.06. The number of carbonyl (C=O) groups excluding carboxylic acids is 3. The molecule has 7 heteroatoms. The minimum Gasteiger partial charge on any atom is -0.456 e. The summed E-state index contributed by atoms with van der Waals surface area (Å²) in [5.74, 6) is -1.94. The molecule has 0 aliphatic heterocycles. The molecule has 0 saturated heterocycles. The molecule has 6 nitrogen and oxygen atoms in total. The second-order valence-electron chi connectivity index (χ2n) is 6.29. The van der Waals surface area contributed by atoms with Crippen LogP contribution < -0.4 is 10.6 Å². The smallest absolute Gasteiger partial charge is 0.306 e. The Morgan fingerprint density at radius 3 is 2.31 bits per heavy atom. The van der Waals surface area contributed by atoms with Crippen molar-refractivity contribution < 1.29 is 23.5 Å². The molecule has 3 rings (SSSR count). The third-order valence-corrected chi connectivity index (χ3v) is 4.11. The van der Waals surface area contributed by atoms with Gasteiger partial charge < -0.3 is 15.4 Å². The maximum atomic E-state index is 12.8. The highest BCUT2D eigenvalue weighted by molar-refractivity contribution is 6.02. The molecule has 0 aromatic heterocycles. The molecule has 2 amide bonds. The fraction of sp³-hybridized carbons (Fsp3) is 0.136. The summed E-state index contributed by atoms with van der Waals surface area (Å²) >= 11 is 0. The zero-order chi connectivity index (χ0) is 20.6. The Kier molecular flexibility index (Phi) is 6.52. The van der Waals surface area contributed by atoms with Crippen LogP contribution in [0.25, 0.3) is 10.8 Å². The van der Waals surface area contributed by atoms with E-state index in [0.29, 0.717) is 11.4 Å². The lowest BCUT2D eigenvalue weighted by Crippen LogP contribution is -2.22. The van der Waals surface area contributed by atoms with Crippen LogP contribution in [-0.2, 0) is 19.1 Å². The first-order valence-corrected chi connectivity index (χ1v) is 9.00. The van der Waals surface area contributed by atoms with E-state index in [9.17, 15) is 18.8 Å². The molecular formula is C22H19FN2O4. The highest BCUT2D eigenvalue weighted by Gasteiger charge is 2.12. The third kappa shape index (κ3) is 5.87. The number of hydrogen-bond donors (Lipinski definition) is 2. The SMILES string of the molecule is O=C(CCC(=O)OCC(=O)Nc1cccc2ccccc12)Nc1ccc(F)cc1. The van der Waals surface area contributed by atoms with Gasteiger partial charge in [-0.05, 0) is 35.7 Å². The second kappa shape index (κ2) is 9.45. The minimum absolute atomic E-state index is 0.110. The van der Waals surface area contributed by atoms with E-state index >= 15 is 0 Å². The van der Waals surface area contributed by atoms with Gasteiger partial charge in [0.25, 0.3) is 5.91 Å². The van der Waals surface area contributed by atoms with Gasteiger partial charge in [0, 0.05) is 23.2 Å². The number of amides is 2. The number of nitrogens with one attached hydrogen (secondary N) is 2. The van der Waals surface area contributed by atoms with E-state index in [2.05, 4.69) is 10.6 Å². The van der Waals surface area contributed by atoms with Crippen LogP contribution in [0.1, 0.15) is 12.8 Å². The van der Waals surface area contributed by atoms with Gasteiger partial charge in [-0.25, -0.2) is 4.39 Å². The minimum atomic E-state index is -0.660. The molecule has 2 N–H and O–H groups in total. The molecule has 0 saturated carbocycles. The average Bonchev–Trinajstić information content (AvgIpc) is 2.73. The Balaban J connectivity index is 1.42. The van der Waals surface area contributed by atoms with Gasteiger partial charge in [0.2, 0.25) is 5.91 Å². The molecule has 0 fully saturated rings.